The number of rotatable bonds is 4. The Morgan fingerprint density at radius 2 is 2.26 bits per heavy atom. The normalized spacial score (nSPS) is 22.4. The topological polar surface area (TPSA) is 54.0 Å². The summed E-state index contributed by atoms with van der Waals surface area (Å²) in [5, 5.41) is 6.48. The number of carbonyl (C=O) groups excluding carboxylic acids is 1. The van der Waals surface area contributed by atoms with Crippen molar-refractivity contribution < 1.29 is 4.79 Å². The highest BCUT2D eigenvalue weighted by Crippen LogP contribution is 2.16. The zero-order valence-corrected chi connectivity index (χ0v) is 12.6. The van der Waals surface area contributed by atoms with Gasteiger partial charge in [0.2, 0.25) is 5.91 Å². The van der Waals surface area contributed by atoms with Crippen molar-refractivity contribution in [1.29, 1.82) is 0 Å². The smallest absolute Gasteiger partial charge is 0.230 e. The van der Waals surface area contributed by atoms with E-state index in [1.54, 1.807) is 24.2 Å². The lowest BCUT2D eigenvalue weighted by atomic mass is 10.00. The molecule has 1 amide bonds. The van der Waals surface area contributed by atoms with E-state index in [1.165, 1.54) is 0 Å². The number of aromatic nitrogens is 1. The Kier molecular flexibility index (Phi) is 7.20. The van der Waals surface area contributed by atoms with Gasteiger partial charge in [-0.1, -0.05) is 0 Å². The van der Waals surface area contributed by atoms with Crippen LogP contribution in [0.15, 0.2) is 29.4 Å². The third-order valence-electron chi connectivity index (χ3n) is 3.13. The van der Waals surface area contributed by atoms with E-state index >= 15 is 0 Å². The average Bonchev–Trinajstić information content (AvgIpc) is 2.40. The van der Waals surface area contributed by atoms with Gasteiger partial charge in [0.25, 0.3) is 0 Å². The van der Waals surface area contributed by atoms with E-state index in [1.807, 2.05) is 12.1 Å². The van der Waals surface area contributed by atoms with Gasteiger partial charge >= 0.3 is 0 Å². The second-order valence-corrected chi connectivity index (χ2v) is 5.58. The summed E-state index contributed by atoms with van der Waals surface area (Å²) in [5.74, 6) is 0.574. The summed E-state index contributed by atoms with van der Waals surface area (Å²) in [5.41, 5.74) is 0. The molecule has 6 heteroatoms. The van der Waals surface area contributed by atoms with Gasteiger partial charge in [-0.05, 0) is 38.4 Å². The molecule has 0 bridgehead atoms. The highest BCUT2D eigenvalue weighted by atomic mass is 35.5. The van der Waals surface area contributed by atoms with E-state index in [2.05, 4.69) is 22.5 Å². The van der Waals surface area contributed by atoms with E-state index in [4.69, 9.17) is 0 Å². The molecule has 0 saturated carbocycles. The monoisotopic (exact) mass is 301 g/mol. The molecule has 19 heavy (non-hydrogen) atoms. The maximum Gasteiger partial charge on any atom is 0.230 e. The van der Waals surface area contributed by atoms with Crippen LogP contribution in [-0.2, 0) is 4.79 Å². The molecule has 2 heterocycles. The lowest BCUT2D eigenvalue weighted by molar-refractivity contribution is -0.119. The molecule has 0 spiro atoms. The molecule has 0 radical (unpaired) electrons. The second-order valence-electron chi connectivity index (χ2n) is 4.53. The van der Waals surface area contributed by atoms with Crippen LogP contribution in [0.3, 0.4) is 0 Å². The Labute approximate surface area is 124 Å². The Balaban J connectivity index is 0.00000180. The molecule has 1 fully saturated rings. The van der Waals surface area contributed by atoms with Crippen LogP contribution < -0.4 is 10.6 Å². The summed E-state index contributed by atoms with van der Waals surface area (Å²) in [6.07, 6.45) is 5.69. The molecule has 0 aliphatic carbocycles. The van der Waals surface area contributed by atoms with Crippen LogP contribution in [0.2, 0.25) is 0 Å². The third kappa shape index (κ3) is 5.38. The molecule has 2 atom stereocenters. The number of hydrogen-bond acceptors (Lipinski definition) is 4. The quantitative estimate of drug-likeness (QED) is 0.834. The fourth-order valence-electron chi connectivity index (χ4n) is 2.07. The molecular formula is C13H20ClN3OS. The molecule has 1 aliphatic rings. The number of hydrogen-bond donors (Lipinski definition) is 2. The van der Waals surface area contributed by atoms with Gasteiger partial charge in [-0.15, -0.1) is 24.2 Å². The minimum absolute atomic E-state index is 0. The van der Waals surface area contributed by atoms with Crippen molar-refractivity contribution >= 4 is 30.1 Å². The van der Waals surface area contributed by atoms with Crippen LogP contribution in [0.5, 0.6) is 0 Å². The SMILES string of the molecule is CC1NCCCC1NC(=O)CSc1ccncc1.Cl. The lowest BCUT2D eigenvalue weighted by Gasteiger charge is -2.30. The summed E-state index contributed by atoms with van der Waals surface area (Å²) in [6, 6.07) is 4.48. The van der Waals surface area contributed by atoms with Gasteiger partial charge in [0, 0.05) is 29.4 Å². The van der Waals surface area contributed by atoms with Gasteiger partial charge in [-0.25, -0.2) is 0 Å². The van der Waals surface area contributed by atoms with Crippen molar-refractivity contribution in [3.8, 4) is 0 Å². The average molecular weight is 302 g/mol. The van der Waals surface area contributed by atoms with Gasteiger partial charge in [0.1, 0.15) is 0 Å². The van der Waals surface area contributed by atoms with Gasteiger partial charge in [0.15, 0.2) is 0 Å². The molecule has 1 saturated heterocycles. The van der Waals surface area contributed by atoms with Crippen LogP contribution in [0.4, 0.5) is 0 Å². The summed E-state index contributed by atoms with van der Waals surface area (Å²) in [4.78, 5) is 16.9. The summed E-state index contributed by atoms with van der Waals surface area (Å²) < 4.78 is 0. The minimum Gasteiger partial charge on any atom is -0.351 e. The van der Waals surface area contributed by atoms with E-state index in [9.17, 15) is 4.79 Å². The number of nitrogens with zero attached hydrogens (tertiary/aromatic N) is 1. The first kappa shape index (κ1) is 16.3. The fourth-order valence-corrected chi connectivity index (χ4v) is 2.77. The zero-order chi connectivity index (χ0) is 12.8. The molecule has 1 aromatic rings. The molecule has 2 N–H and O–H groups in total. The van der Waals surface area contributed by atoms with Gasteiger partial charge in [0.05, 0.1) is 5.75 Å². The molecule has 1 aliphatic heterocycles. The van der Waals surface area contributed by atoms with Gasteiger partial charge in [-0.3, -0.25) is 9.78 Å². The highest BCUT2D eigenvalue weighted by Gasteiger charge is 2.22. The maximum atomic E-state index is 11.9. The number of carbonyl (C=O) groups is 1. The lowest BCUT2D eigenvalue weighted by Crippen LogP contribution is -2.52. The number of halogens is 1. The minimum atomic E-state index is 0. The Morgan fingerprint density at radius 1 is 1.53 bits per heavy atom. The number of pyridine rings is 1. The van der Waals surface area contributed by atoms with E-state index in [-0.39, 0.29) is 24.4 Å². The number of piperidine rings is 1. The first-order valence-electron chi connectivity index (χ1n) is 6.31. The van der Waals surface area contributed by atoms with Gasteiger partial charge in [-0.2, -0.15) is 0 Å². The molecular weight excluding hydrogens is 282 g/mol. The van der Waals surface area contributed by atoms with Crippen molar-refractivity contribution in [2.45, 2.75) is 36.7 Å². The third-order valence-corrected chi connectivity index (χ3v) is 4.14. The predicted molar refractivity (Wildman–Crippen MR) is 80.8 cm³/mol. The number of nitrogens with one attached hydrogen (secondary N) is 2. The second kappa shape index (κ2) is 8.40. The summed E-state index contributed by atoms with van der Waals surface area (Å²) in [7, 11) is 0. The van der Waals surface area contributed by atoms with Crippen LogP contribution in [0, 0.1) is 0 Å². The Morgan fingerprint density at radius 3 is 2.95 bits per heavy atom. The van der Waals surface area contributed by atoms with Crippen molar-refractivity contribution in [2.75, 3.05) is 12.3 Å². The molecule has 4 nitrogen and oxygen atoms in total. The Bertz CT molecular complexity index is 391. The van der Waals surface area contributed by atoms with Crippen molar-refractivity contribution in [3.05, 3.63) is 24.5 Å². The van der Waals surface area contributed by atoms with Crippen molar-refractivity contribution in [1.82, 2.24) is 15.6 Å². The number of amides is 1. The molecule has 0 aromatic carbocycles. The molecule has 1 aromatic heterocycles. The first-order valence-corrected chi connectivity index (χ1v) is 7.30. The molecule has 106 valence electrons. The summed E-state index contributed by atoms with van der Waals surface area (Å²) in [6.45, 7) is 3.18. The summed E-state index contributed by atoms with van der Waals surface area (Å²) >= 11 is 1.55. The van der Waals surface area contributed by atoms with E-state index in [0.29, 0.717) is 11.8 Å². The van der Waals surface area contributed by atoms with Crippen molar-refractivity contribution in [3.63, 3.8) is 0 Å². The van der Waals surface area contributed by atoms with E-state index in [0.717, 1.165) is 24.3 Å². The fraction of sp³-hybridized carbons (Fsp3) is 0.538. The van der Waals surface area contributed by atoms with Crippen LogP contribution in [0.1, 0.15) is 19.8 Å². The largest absolute Gasteiger partial charge is 0.351 e. The molecule has 2 rings (SSSR count). The number of thioether (sulfide) groups is 1. The molecule has 2 unspecified atom stereocenters. The first-order chi connectivity index (χ1) is 8.75. The van der Waals surface area contributed by atoms with Crippen LogP contribution in [0.25, 0.3) is 0 Å². The standard InChI is InChI=1S/C13H19N3OS.ClH/c1-10-12(3-2-6-15-10)16-13(17)9-18-11-4-7-14-8-5-11;/h4-5,7-8,10,12,15H,2-3,6,9H2,1H3,(H,16,17);1H. The predicted octanol–water partition coefficient (Wildman–Crippen LogP) is 1.85. The highest BCUT2D eigenvalue weighted by molar-refractivity contribution is 8.00. The van der Waals surface area contributed by atoms with Gasteiger partial charge < -0.3 is 10.6 Å². The Hall–Kier alpha value is -0.780. The van der Waals surface area contributed by atoms with Crippen molar-refractivity contribution in [2.24, 2.45) is 0 Å². The zero-order valence-electron chi connectivity index (χ0n) is 11.0. The maximum absolute atomic E-state index is 11.9. The van der Waals surface area contributed by atoms with Crippen LogP contribution in [-0.4, -0.2) is 35.3 Å². The van der Waals surface area contributed by atoms with E-state index < -0.39 is 0 Å². The van der Waals surface area contributed by atoms with Crippen LogP contribution >= 0.6 is 24.2 Å².